The first-order valence-electron chi connectivity index (χ1n) is 11.3. The number of aryl methyl sites for hydroxylation is 1. The molecular formula is C27H25ClN4O. The lowest BCUT2D eigenvalue weighted by molar-refractivity contribution is 0.0724. The SMILES string of the molecule is Cc1ccc(-c2nc(Nc3ccc(C(=O)N4CCCCC4)cc3)nc3ccc(Cl)cc23)cc1. The number of nitrogens with one attached hydrogen (secondary N) is 1. The number of hydrogen-bond donors (Lipinski definition) is 1. The zero-order valence-corrected chi connectivity index (χ0v) is 19.3. The van der Waals surface area contributed by atoms with Crippen LogP contribution in [0.4, 0.5) is 11.6 Å². The first-order chi connectivity index (χ1) is 16.1. The average Bonchev–Trinajstić information content (AvgIpc) is 2.85. The van der Waals surface area contributed by atoms with Crippen LogP contribution in [0, 0.1) is 6.92 Å². The van der Waals surface area contributed by atoms with Gasteiger partial charge in [0.25, 0.3) is 5.91 Å². The van der Waals surface area contributed by atoms with Crippen molar-refractivity contribution in [1.82, 2.24) is 14.9 Å². The lowest BCUT2D eigenvalue weighted by Gasteiger charge is -2.26. The molecule has 0 bridgehead atoms. The van der Waals surface area contributed by atoms with Gasteiger partial charge >= 0.3 is 0 Å². The number of amides is 1. The molecule has 3 aromatic carbocycles. The molecule has 0 spiro atoms. The predicted molar refractivity (Wildman–Crippen MR) is 134 cm³/mol. The van der Waals surface area contributed by atoms with Crippen LogP contribution in [0.3, 0.4) is 0 Å². The molecule has 1 N–H and O–H groups in total. The van der Waals surface area contributed by atoms with E-state index in [2.05, 4.69) is 36.5 Å². The van der Waals surface area contributed by atoms with Crippen LogP contribution < -0.4 is 5.32 Å². The lowest BCUT2D eigenvalue weighted by Crippen LogP contribution is -2.35. The maximum Gasteiger partial charge on any atom is 0.253 e. The van der Waals surface area contributed by atoms with Gasteiger partial charge < -0.3 is 10.2 Å². The van der Waals surface area contributed by atoms with E-state index < -0.39 is 0 Å². The molecule has 0 aliphatic carbocycles. The van der Waals surface area contributed by atoms with Crippen molar-refractivity contribution < 1.29 is 4.79 Å². The fourth-order valence-corrected chi connectivity index (χ4v) is 4.36. The van der Waals surface area contributed by atoms with Gasteiger partial charge in [-0.1, -0.05) is 41.4 Å². The number of fused-ring (bicyclic) bond motifs is 1. The molecule has 4 aromatic rings. The van der Waals surface area contributed by atoms with Crippen molar-refractivity contribution in [3.63, 3.8) is 0 Å². The summed E-state index contributed by atoms with van der Waals surface area (Å²) < 4.78 is 0. The van der Waals surface area contributed by atoms with Gasteiger partial charge in [0.15, 0.2) is 0 Å². The zero-order valence-electron chi connectivity index (χ0n) is 18.5. The van der Waals surface area contributed by atoms with E-state index in [4.69, 9.17) is 21.6 Å². The molecule has 1 amide bonds. The molecule has 5 rings (SSSR count). The number of halogens is 1. The fourth-order valence-electron chi connectivity index (χ4n) is 4.19. The van der Waals surface area contributed by atoms with Gasteiger partial charge in [0.2, 0.25) is 5.95 Å². The summed E-state index contributed by atoms with van der Waals surface area (Å²) >= 11 is 6.27. The van der Waals surface area contributed by atoms with Gasteiger partial charge in [-0.05, 0) is 68.7 Å². The molecule has 0 atom stereocenters. The summed E-state index contributed by atoms with van der Waals surface area (Å²) in [4.78, 5) is 24.2. The van der Waals surface area contributed by atoms with Crippen LogP contribution in [0.25, 0.3) is 22.2 Å². The minimum atomic E-state index is 0.0988. The fraction of sp³-hybridized carbons (Fsp3) is 0.222. The maximum absolute atomic E-state index is 12.7. The van der Waals surface area contributed by atoms with Gasteiger partial charge in [-0.2, -0.15) is 0 Å². The van der Waals surface area contributed by atoms with E-state index in [9.17, 15) is 4.79 Å². The van der Waals surface area contributed by atoms with E-state index in [1.807, 2.05) is 47.4 Å². The largest absolute Gasteiger partial charge is 0.339 e. The molecule has 1 aliphatic heterocycles. The molecule has 0 radical (unpaired) electrons. The third-order valence-electron chi connectivity index (χ3n) is 6.01. The minimum Gasteiger partial charge on any atom is -0.339 e. The van der Waals surface area contributed by atoms with Gasteiger partial charge in [-0.25, -0.2) is 9.97 Å². The third kappa shape index (κ3) is 4.69. The Bertz CT molecular complexity index is 1300. The summed E-state index contributed by atoms with van der Waals surface area (Å²) in [6.45, 7) is 3.75. The summed E-state index contributed by atoms with van der Waals surface area (Å²) in [5.74, 6) is 0.595. The van der Waals surface area contributed by atoms with Gasteiger partial charge in [0.05, 0.1) is 11.2 Å². The topological polar surface area (TPSA) is 58.1 Å². The summed E-state index contributed by atoms with van der Waals surface area (Å²) in [6, 6.07) is 21.4. The molecule has 1 saturated heterocycles. The number of likely N-dealkylation sites (tertiary alicyclic amines) is 1. The second-order valence-electron chi connectivity index (χ2n) is 8.48. The van der Waals surface area contributed by atoms with Crippen LogP contribution in [-0.2, 0) is 0 Å². The maximum atomic E-state index is 12.7. The number of aromatic nitrogens is 2. The van der Waals surface area contributed by atoms with Crippen LogP contribution in [0.15, 0.2) is 66.7 Å². The standard InChI is InChI=1S/C27H25ClN4O/c1-18-5-7-19(8-6-18)25-23-17-21(28)11-14-24(23)30-27(31-25)29-22-12-9-20(10-13-22)26(33)32-15-3-2-4-16-32/h5-14,17H,2-4,15-16H2,1H3,(H,29,30,31). The molecular weight excluding hydrogens is 432 g/mol. The summed E-state index contributed by atoms with van der Waals surface area (Å²) in [7, 11) is 0. The Morgan fingerprint density at radius 2 is 1.64 bits per heavy atom. The van der Waals surface area contributed by atoms with E-state index in [1.54, 1.807) is 0 Å². The van der Waals surface area contributed by atoms with Crippen molar-refractivity contribution in [1.29, 1.82) is 0 Å². The van der Waals surface area contributed by atoms with E-state index in [0.29, 0.717) is 16.5 Å². The van der Waals surface area contributed by atoms with Crippen molar-refractivity contribution in [3.05, 3.63) is 82.9 Å². The minimum absolute atomic E-state index is 0.0988. The van der Waals surface area contributed by atoms with Gasteiger partial charge in [0.1, 0.15) is 0 Å². The van der Waals surface area contributed by atoms with Gasteiger partial charge in [-0.3, -0.25) is 4.79 Å². The monoisotopic (exact) mass is 456 g/mol. The molecule has 1 aromatic heterocycles. The number of piperidine rings is 1. The highest BCUT2D eigenvalue weighted by atomic mass is 35.5. The number of carbonyl (C=O) groups excluding carboxylic acids is 1. The number of benzene rings is 3. The van der Waals surface area contributed by atoms with Crippen molar-refractivity contribution in [2.24, 2.45) is 0 Å². The number of hydrogen-bond acceptors (Lipinski definition) is 4. The van der Waals surface area contributed by atoms with E-state index >= 15 is 0 Å². The zero-order chi connectivity index (χ0) is 22.8. The normalized spacial score (nSPS) is 13.8. The van der Waals surface area contributed by atoms with Crippen LogP contribution in [0.5, 0.6) is 0 Å². The summed E-state index contributed by atoms with van der Waals surface area (Å²) in [5.41, 5.74) is 5.35. The van der Waals surface area contributed by atoms with Crippen molar-refractivity contribution >= 4 is 40.0 Å². The van der Waals surface area contributed by atoms with Crippen LogP contribution >= 0.6 is 11.6 Å². The smallest absolute Gasteiger partial charge is 0.253 e. The Kier molecular flexibility index (Phi) is 5.97. The molecule has 166 valence electrons. The lowest BCUT2D eigenvalue weighted by atomic mass is 10.1. The molecule has 0 unspecified atom stereocenters. The van der Waals surface area contributed by atoms with Crippen molar-refractivity contribution in [2.45, 2.75) is 26.2 Å². The second kappa shape index (κ2) is 9.20. The van der Waals surface area contributed by atoms with E-state index in [1.165, 1.54) is 12.0 Å². The average molecular weight is 457 g/mol. The Balaban J connectivity index is 1.44. The number of nitrogens with zero attached hydrogens (tertiary/aromatic N) is 3. The van der Waals surface area contributed by atoms with Crippen LogP contribution in [0.1, 0.15) is 35.2 Å². The summed E-state index contributed by atoms with van der Waals surface area (Å²) in [6.07, 6.45) is 3.37. The molecule has 5 nitrogen and oxygen atoms in total. The predicted octanol–water partition coefficient (Wildman–Crippen LogP) is 6.63. The van der Waals surface area contributed by atoms with Gasteiger partial charge in [0, 0.05) is 40.3 Å². The molecule has 1 fully saturated rings. The molecule has 0 saturated carbocycles. The van der Waals surface area contributed by atoms with Crippen LogP contribution in [-0.4, -0.2) is 33.9 Å². The Hall–Kier alpha value is -3.44. The second-order valence-corrected chi connectivity index (χ2v) is 8.91. The number of carbonyl (C=O) groups is 1. The number of anilines is 2. The van der Waals surface area contributed by atoms with Gasteiger partial charge in [-0.15, -0.1) is 0 Å². The third-order valence-corrected chi connectivity index (χ3v) is 6.25. The van der Waals surface area contributed by atoms with Crippen LogP contribution in [0.2, 0.25) is 5.02 Å². The van der Waals surface area contributed by atoms with E-state index in [-0.39, 0.29) is 5.91 Å². The van der Waals surface area contributed by atoms with Crippen molar-refractivity contribution in [3.8, 4) is 11.3 Å². The highest BCUT2D eigenvalue weighted by molar-refractivity contribution is 6.31. The first kappa shape index (κ1) is 21.4. The molecule has 33 heavy (non-hydrogen) atoms. The van der Waals surface area contributed by atoms with Crippen molar-refractivity contribution in [2.75, 3.05) is 18.4 Å². The molecule has 6 heteroatoms. The molecule has 2 heterocycles. The summed E-state index contributed by atoms with van der Waals surface area (Å²) in [5, 5.41) is 4.85. The quantitative estimate of drug-likeness (QED) is 0.374. The number of rotatable bonds is 4. The first-order valence-corrected chi connectivity index (χ1v) is 11.7. The Labute approximate surface area is 198 Å². The highest BCUT2D eigenvalue weighted by Gasteiger charge is 2.18. The molecule has 1 aliphatic rings. The highest BCUT2D eigenvalue weighted by Crippen LogP contribution is 2.30. The Morgan fingerprint density at radius 3 is 2.36 bits per heavy atom. The Morgan fingerprint density at radius 1 is 0.909 bits per heavy atom. The van der Waals surface area contributed by atoms with E-state index in [0.717, 1.165) is 53.8 Å².